The zero-order valence-electron chi connectivity index (χ0n) is 9.54. The van der Waals surface area contributed by atoms with Gasteiger partial charge in [0, 0.05) is 12.4 Å². The summed E-state index contributed by atoms with van der Waals surface area (Å²) < 4.78 is 0. The van der Waals surface area contributed by atoms with Gasteiger partial charge in [-0.1, -0.05) is 41.0 Å². The van der Waals surface area contributed by atoms with Crippen LogP contribution in [0.2, 0.25) is 0 Å². The van der Waals surface area contributed by atoms with Crippen LogP contribution >= 0.6 is 0 Å². The maximum Gasteiger partial charge on any atom is 0.115 e. The van der Waals surface area contributed by atoms with E-state index in [1.807, 2.05) is 40.1 Å². The highest BCUT2D eigenvalue weighted by Crippen LogP contribution is 1.95. The zero-order chi connectivity index (χ0) is 10.5. The Kier molecular flexibility index (Phi) is 15.3. The number of rotatable bonds is 2. The highest BCUT2D eigenvalue weighted by Gasteiger charge is 1.86. The lowest BCUT2D eigenvalue weighted by Gasteiger charge is -1.92. The van der Waals surface area contributed by atoms with Gasteiger partial charge in [-0.2, -0.15) is 0 Å². The quantitative estimate of drug-likeness (QED) is 0.699. The molecule has 0 radical (unpaired) electrons. The molecule has 1 aromatic heterocycles. The molecular formula is C11H22N2. The van der Waals surface area contributed by atoms with E-state index in [0.717, 1.165) is 12.8 Å². The number of nitrogens with zero attached hydrogens (tertiary/aromatic N) is 2. The van der Waals surface area contributed by atoms with Crippen molar-refractivity contribution in [3.8, 4) is 0 Å². The van der Waals surface area contributed by atoms with Crippen LogP contribution in [0.5, 0.6) is 0 Å². The Balaban J connectivity index is 0. The Morgan fingerprint density at radius 2 is 1.46 bits per heavy atom. The summed E-state index contributed by atoms with van der Waals surface area (Å²) >= 11 is 0. The summed E-state index contributed by atoms with van der Waals surface area (Å²) in [7, 11) is 0. The molecule has 1 rings (SSSR count). The van der Waals surface area contributed by atoms with E-state index in [1.54, 1.807) is 6.33 Å². The standard InChI is InChI=1S/C7H10N2.2C2H6/c1-2-3-7-4-8-6-9-5-7;2*1-2/h4-6H,2-3H2,1H3;2*1-2H3. The molecular weight excluding hydrogens is 160 g/mol. The first-order chi connectivity index (χ1) is 6.43. The molecule has 76 valence electrons. The number of aryl methyl sites for hydroxylation is 1. The predicted molar refractivity (Wildman–Crippen MR) is 58.7 cm³/mol. The van der Waals surface area contributed by atoms with E-state index >= 15 is 0 Å². The van der Waals surface area contributed by atoms with Crippen molar-refractivity contribution in [2.75, 3.05) is 0 Å². The van der Waals surface area contributed by atoms with Crippen LogP contribution in [0.4, 0.5) is 0 Å². The molecule has 0 saturated heterocycles. The van der Waals surface area contributed by atoms with Crippen molar-refractivity contribution < 1.29 is 0 Å². The molecule has 0 aliphatic rings. The predicted octanol–water partition coefficient (Wildman–Crippen LogP) is 3.48. The Hall–Kier alpha value is -0.920. The Morgan fingerprint density at radius 3 is 1.85 bits per heavy atom. The van der Waals surface area contributed by atoms with Crippen LogP contribution in [0.3, 0.4) is 0 Å². The molecule has 0 N–H and O–H groups in total. The van der Waals surface area contributed by atoms with E-state index in [2.05, 4.69) is 16.9 Å². The van der Waals surface area contributed by atoms with Gasteiger partial charge in [-0.25, -0.2) is 9.97 Å². The van der Waals surface area contributed by atoms with Gasteiger partial charge >= 0.3 is 0 Å². The first kappa shape index (κ1) is 14.6. The minimum atomic E-state index is 1.08. The van der Waals surface area contributed by atoms with Crippen molar-refractivity contribution in [3.05, 3.63) is 24.3 Å². The molecule has 0 aliphatic carbocycles. The lowest BCUT2D eigenvalue weighted by molar-refractivity contribution is 0.900. The maximum atomic E-state index is 3.89. The van der Waals surface area contributed by atoms with Crippen molar-refractivity contribution in [1.82, 2.24) is 9.97 Å². The normalized spacial score (nSPS) is 7.46. The highest BCUT2D eigenvalue weighted by atomic mass is 14.8. The Bertz CT molecular complexity index is 161. The van der Waals surface area contributed by atoms with Crippen LogP contribution in [0.25, 0.3) is 0 Å². The van der Waals surface area contributed by atoms with Crippen molar-refractivity contribution in [3.63, 3.8) is 0 Å². The van der Waals surface area contributed by atoms with Gasteiger partial charge in [0.2, 0.25) is 0 Å². The third-order valence-corrected chi connectivity index (χ3v) is 1.15. The molecule has 0 atom stereocenters. The molecule has 1 heterocycles. The number of aromatic nitrogens is 2. The van der Waals surface area contributed by atoms with E-state index in [4.69, 9.17) is 0 Å². The van der Waals surface area contributed by atoms with Crippen LogP contribution in [-0.2, 0) is 6.42 Å². The molecule has 2 heteroatoms. The second kappa shape index (κ2) is 13.7. The molecule has 0 aromatic carbocycles. The molecule has 0 unspecified atom stereocenters. The van der Waals surface area contributed by atoms with Gasteiger partial charge < -0.3 is 0 Å². The first-order valence-electron chi connectivity index (χ1n) is 5.17. The molecule has 0 bridgehead atoms. The smallest absolute Gasteiger partial charge is 0.115 e. The van der Waals surface area contributed by atoms with E-state index < -0.39 is 0 Å². The van der Waals surface area contributed by atoms with Gasteiger partial charge in [-0.05, 0) is 12.0 Å². The second-order valence-corrected chi connectivity index (χ2v) is 2.00. The Labute approximate surface area is 82.4 Å². The molecule has 1 aromatic rings. The molecule has 0 saturated carbocycles. The van der Waals surface area contributed by atoms with Gasteiger partial charge in [-0.15, -0.1) is 0 Å². The summed E-state index contributed by atoms with van der Waals surface area (Å²) in [5.74, 6) is 0. The average Bonchev–Trinajstić information content (AvgIpc) is 2.26. The van der Waals surface area contributed by atoms with Gasteiger partial charge in [0.25, 0.3) is 0 Å². The Morgan fingerprint density at radius 1 is 1.00 bits per heavy atom. The highest BCUT2D eigenvalue weighted by molar-refractivity contribution is 5.01. The summed E-state index contributed by atoms with van der Waals surface area (Å²) in [6.07, 6.45) is 7.51. The molecule has 0 spiro atoms. The molecule has 2 nitrogen and oxygen atoms in total. The molecule has 13 heavy (non-hydrogen) atoms. The minimum Gasteiger partial charge on any atom is -0.245 e. The van der Waals surface area contributed by atoms with E-state index in [1.165, 1.54) is 5.56 Å². The molecule has 0 amide bonds. The maximum absolute atomic E-state index is 3.89. The van der Waals surface area contributed by atoms with Crippen molar-refractivity contribution in [2.24, 2.45) is 0 Å². The zero-order valence-corrected chi connectivity index (χ0v) is 9.54. The molecule has 0 fully saturated rings. The first-order valence-corrected chi connectivity index (χ1v) is 5.17. The van der Waals surface area contributed by atoms with Crippen molar-refractivity contribution in [2.45, 2.75) is 47.5 Å². The third-order valence-electron chi connectivity index (χ3n) is 1.15. The largest absolute Gasteiger partial charge is 0.245 e. The van der Waals surface area contributed by atoms with E-state index in [-0.39, 0.29) is 0 Å². The van der Waals surface area contributed by atoms with Gasteiger partial charge in [0.1, 0.15) is 6.33 Å². The number of hydrogen-bond donors (Lipinski definition) is 0. The summed E-state index contributed by atoms with van der Waals surface area (Å²) in [5, 5.41) is 0. The minimum absolute atomic E-state index is 1.08. The topological polar surface area (TPSA) is 25.8 Å². The third kappa shape index (κ3) is 8.99. The fraction of sp³-hybridized carbons (Fsp3) is 0.636. The van der Waals surface area contributed by atoms with Gasteiger partial charge in [0.15, 0.2) is 0 Å². The molecule has 0 aliphatic heterocycles. The van der Waals surface area contributed by atoms with Crippen LogP contribution in [-0.4, -0.2) is 9.97 Å². The SMILES string of the molecule is CC.CC.CCCc1cncnc1. The second-order valence-electron chi connectivity index (χ2n) is 2.00. The summed E-state index contributed by atoms with van der Waals surface area (Å²) in [6.45, 7) is 10.1. The lowest BCUT2D eigenvalue weighted by Crippen LogP contribution is -1.84. The van der Waals surface area contributed by atoms with Crippen LogP contribution in [0.15, 0.2) is 18.7 Å². The van der Waals surface area contributed by atoms with Crippen LogP contribution in [0, 0.1) is 0 Å². The average molecular weight is 182 g/mol. The number of hydrogen-bond acceptors (Lipinski definition) is 2. The fourth-order valence-corrected chi connectivity index (χ4v) is 0.748. The van der Waals surface area contributed by atoms with Crippen LogP contribution in [0.1, 0.15) is 46.6 Å². The van der Waals surface area contributed by atoms with E-state index in [0.29, 0.717) is 0 Å². The van der Waals surface area contributed by atoms with Crippen molar-refractivity contribution >= 4 is 0 Å². The fourth-order valence-electron chi connectivity index (χ4n) is 0.748. The summed E-state index contributed by atoms with van der Waals surface area (Å²) in [6, 6.07) is 0. The lowest BCUT2D eigenvalue weighted by atomic mass is 10.2. The summed E-state index contributed by atoms with van der Waals surface area (Å²) in [4.78, 5) is 7.78. The van der Waals surface area contributed by atoms with Crippen LogP contribution < -0.4 is 0 Å². The van der Waals surface area contributed by atoms with E-state index in [9.17, 15) is 0 Å². The van der Waals surface area contributed by atoms with Gasteiger partial charge in [-0.3, -0.25) is 0 Å². The summed E-state index contributed by atoms with van der Waals surface area (Å²) in [5.41, 5.74) is 1.22. The monoisotopic (exact) mass is 182 g/mol. The van der Waals surface area contributed by atoms with Gasteiger partial charge in [0.05, 0.1) is 0 Å². The van der Waals surface area contributed by atoms with Crippen molar-refractivity contribution in [1.29, 1.82) is 0 Å².